The molecule has 1 aromatic carbocycles. The monoisotopic (exact) mass is 340 g/mol. The number of amides is 1. The van der Waals surface area contributed by atoms with E-state index in [0.29, 0.717) is 27.4 Å². The molecular weight excluding hydrogens is 327 g/mol. The number of aromatic nitrogens is 2. The van der Waals surface area contributed by atoms with Crippen molar-refractivity contribution in [2.24, 2.45) is 5.92 Å². The molecule has 3 rings (SSSR count). The maximum atomic E-state index is 11.6. The first-order valence-electron chi connectivity index (χ1n) is 6.91. The zero-order chi connectivity index (χ0) is 15.5. The van der Waals surface area contributed by atoms with Crippen LogP contribution in [0.3, 0.4) is 0 Å². The summed E-state index contributed by atoms with van der Waals surface area (Å²) in [5.74, 6) is 0.897. The summed E-state index contributed by atoms with van der Waals surface area (Å²) in [6.45, 7) is 0.821. The Balaban J connectivity index is 1.57. The maximum absolute atomic E-state index is 11.6. The average molecular weight is 341 g/mol. The van der Waals surface area contributed by atoms with E-state index in [1.54, 1.807) is 18.2 Å². The van der Waals surface area contributed by atoms with Crippen molar-refractivity contribution in [3.8, 4) is 11.4 Å². The van der Waals surface area contributed by atoms with Crippen molar-refractivity contribution in [3.63, 3.8) is 0 Å². The molecule has 116 valence electrons. The number of halogens is 2. The quantitative estimate of drug-likeness (QED) is 0.844. The van der Waals surface area contributed by atoms with Gasteiger partial charge in [0.2, 0.25) is 11.7 Å². The second kappa shape index (κ2) is 6.54. The molecule has 1 saturated carbocycles. The molecule has 1 amide bonds. The zero-order valence-corrected chi connectivity index (χ0v) is 13.1. The Bertz CT molecular complexity index is 665. The Morgan fingerprint density at radius 1 is 1.27 bits per heavy atom. The van der Waals surface area contributed by atoms with E-state index in [0.717, 1.165) is 6.54 Å². The first-order valence-corrected chi connectivity index (χ1v) is 7.66. The highest BCUT2D eigenvalue weighted by Crippen LogP contribution is 2.27. The summed E-state index contributed by atoms with van der Waals surface area (Å²) in [6.07, 6.45) is 2.39. The Labute approximate surface area is 137 Å². The van der Waals surface area contributed by atoms with E-state index in [4.69, 9.17) is 27.7 Å². The third-order valence-corrected chi connectivity index (χ3v) is 3.67. The number of hydrogen-bond acceptors (Lipinski definition) is 5. The van der Waals surface area contributed by atoms with Gasteiger partial charge in [-0.2, -0.15) is 4.98 Å². The van der Waals surface area contributed by atoms with Gasteiger partial charge in [0, 0.05) is 22.2 Å². The highest BCUT2D eigenvalue weighted by Gasteiger charge is 2.21. The van der Waals surface area contributed by atoms with Crippen LogP contribution in [0.4, 0.5) is 6.01 Å². The van der Waals surface area contributed by atoms with Crippen molar-refractivity contribution in [3.05, 3.63) is 28.2 Å². The normalized spacial score (nSPS) is 13.9. The molecule has 1 aliphatic rings. The van der Waals surface area contributed by atoms with Gasteiger partial charge in [-0.1, -0.05) is 28.4 Å². The maximum Gasteiger partial charge on any atom is 0.322 e. The summed E-state index contributed by atoms with van der Waals surface area (Å²) in [6, 6.07) is 5.16. The van der Waals surface area contributed by atoms with Crippen LogP contribution in [0, 0.1) is 5.92 Å². The third-order valence-electron chi connectivity index (χ3n) is 3.23. The number of rotatable bonds is 6. The van der Waals surface area contributed by atoms with E-state index in [1.807, 2.05) is 0 Å². The third kappa shape index (κ3) is 4.11. The standard InChI is InChI=1S/C14H14Cl2N4O2/c15-10-3-9(4-11(16)5-10)13-19-14(22-20-13)18-7-12(21)17-6-8-1-2-8/h3-5,8H,1-2,6-7H2,(H,17,21)(H,18,19,20). The Morgan fingerprint density at radius 3 is 2.68 bits per heavy atom. The van der Waals surface area contributed by atoms with E-state index in [9.17, 15) is 4.79 Å². The summed E-state index contributed by atoms with van der Waals surface area (Å²) in [4.78, 5) is 15.8. The largest absolute Gasteiger partial charge is 0.354 e. The molecule has 1 heterocycles. The summed E-state index contributed by atoms with van der Waals surface area (Å²) in [7, 11) is 0. The zero-order valence-electron chi connectivity index (χ0n) is 11.6. The molecule has 0 saturated heterocycles. The van der Waals surface area contributed by atoms with Gasteiger partial charge in [0.05, 0.1) is 6.54 Å². The number of hydrogen-bond donors (Lipinski definition) is 2. The van der Waals surface area contributed by atoms with Crippen LogP contribution in [0.5, 0.6) is 0 Å². The second-order valence-corrected chi connectivity index (χ2v) is 6.06. The molecular formula is C14H14Cl2N4O2. The number of nitrogens with zero attached hydrogens (tertiary/aromatic N) is 2. The molecule has 2 aromatic rings. The van der Waals surface area contributed by atoms with Gasteiger partial charge in [0.25, 0.3) is 0 Å². The van der Waals surface area contributed by atoms with Crippen molar-refractivity contribution < 1.29 is 9.32 Å². The highest BCUT2D eigenvalue weighted by molar-refractivity contribution is 6.35. The Hall–Kier alpha value is -1.79. The van der Waals surface area contributed by atoms with Gasteiger partial charge in [-0.15, -0.1) is 0 Å². The number of anilines is 1. The van der Waals surface area contributed by atoms with Gasteiger partial charge in [0.15, 0.2) is 0 Å². The molecule has 22 heavy (non-hydrogen) atoms. The number of carbonyl (C=O) groups excluding carboxylic acids is 1. The van der Waals surface area contributed by atoms with Gasteiger partial charge < -0.3 is 15.2 Å². The smallest absolute Gasteiger partial charge is 0.322 e. The molecule has 0 aliphatic heterocycles. The van der Waals surface area contributed by atoms with E-state index in [1.165, 1.54) is 12.8 Å². The minimum Gasteiger partial charge on any atom is -0.354 e. The fourth-order valence-corrected chi connectivity index (χ4v) is 2.42. The average Bonchev–Trinajstić information content (AvgIpc) is 3.18. The van der Waals surface area contributed by atoms with Crippen LogP contribution < -0.4 is 10.6 Å². The van der Waals surface area contributed by atoms with Gasteiger partial charge >= 0.3 is 6.01 Å². The lowest BCUT2D eigenvalue weighted by atomic mass is 10.2. The van der Waals surface area contributed by atoms with Crippen LogP contribution in [0.25, 0.3) is 11.4 Å². The van der Waals surface area contributed by atoms with Crippen molar-refractivity contribution in [1.29, 1.82) is 0 Å². The molecule has 0 spiro atoms. The predicted octanol–water partition coefficient (Wildman–Crippen LogP) is 2.98. The first kappa shape index (κ1) is 15.1. The fourth-order valence-electron chi connectivity index (χ4n) is 1.89. The van der Waals surface area contributed by atoms with Crippen LogP contribution >= 0.6 is 23.2 Å². The lowest BCUT2D eigenvalue weighted by molar-refractivity contribution is -0.119. The SMILES string of the molecule is O=C(CNc1nc(-c2cc(Cl)cc(Cl)c2)no1)NCC1CC1. The van der Waals surface area contributed by atoms with Crippen LogP contribution in [-0.2, 0) is 4.79 Å². The van der Waals surface area contributed by atoms with E-state index in [2.05, 4.69) is 20.8 Å². The molecule has 0 atom stereocenters. The number of carbonyl (C=O) groups is 1. The molecule has 1 aromatic heterocycles. The Morgan fingerprint density at radius 2 is 2.00 bits per heavy atom. The summed E-state index contributed by atoms with van der Waals surface area (Å²) in [5, 5.41) is 10.4. The van der Waals surface area contributed by atoms with Crippen molar-refractivity contribution in [2.45, 2.75) is 12.8 Å². The highest BCUT2D eigenvalue weighted by atomic mass is 35.5. The molecule has 1 aliphatic carbocycles. The van der Waals surface area contributed by atoms with Gasteiger partial charge in [0.1, 0.15) is 0 Å². The van der Waals surface area contributed by atoms with Crippen LogP contribution in [0.1, 0.15) is 12.8 Å². The second-order valence-electron chi connectivity index (χ2n) is 5.18. The van der Waals surface area contributed by atoms with Gasteiger partial charge in [-0.25, -0.2) is 0 Å². The summed E-state index contributed by atoms with van der Waals surface area (Å²) in [5.41, 5.74) is 0.646. The van der Waals surface area contributed by atoms with Crippen molar-refractivity contribution >= 4 is 35.1 Å². The van der Waals surface area contributed by atoms with E-state index < -0.39 is 0 Å². The summed E-state index contributed by atoms with van der Waals surface area (Å²) < 4.78 is 5.05. The topological polar surface area (TPSA) is 80.1 Å². The van der Waals surface area contributed by atoms with Crippen LogP contribution in [0.15, 0.2) is 22.7 Å². The summed E-state index contributed by atoms with van der Waals surface area (Å²) >= 11 is 11.9. The van der Waals surface area contributed by atoms with Crippen molar-refractivity contribution in [2.75, 3.05) is 18.4 Å². The molecule has 0 bridgehead atoms. The molecule has 8 heteroatoms. The minimum atomic E-state index is -0.0996. The van der Waals surface area contributed by atoms with Gasteiger partial charge in [-0.3, -0.25) is 4.79 Å². The molecule has 1 fully saturated rings. The fraction of sp³-hybridized carbons (Fsp3) is 0.357. The Kier molecular flexibility index (Phi) is 4.49. The molecule has 0 radical (unpaired) electrons. The number of benzene rings is 1. The van der Waals surface area contributed by atoms with Crippen molar-refractivity contribution in [1.82, 2.24) is 15.5 Å². The predicted molar refractivity (Wildman–Crippen MR) is 84.0 cm³/mol. The first-order chi connectivity index (χ1) is 10.6. The van der Waals surface area contributed by atoms with Crippen LogP contribution in [0.2, 0.25) is 10.0 Å². The molecule has 0 unspecified atom stereocenters. The van der Waals surface area contributed by atoms with Crippen LogP contribution in [-0.4, -0.2) is 29.1 Å². The van der Waals surface area contributed by atoms with E-state index in [-0.39, 0.29) is 18.5 Å². The minimum absolute atomic E-state index is 0.0880. The molecule has 6 nitrogen and oxygen atoms in total. The van der Waals surface area contributed by atoms with Gasteiger partial charge in [-0.05, 0) is 37.0 Å². The molecule has 2 N–H and O–H groups in total. The van der Waals surface area contributed by atoms with E-state index >= 15 is 0 Å². The lowest BCUT2D eigenvalue weighted by Gasteiger charge is -2.03. The lowest BCUT2D eigenvalue weighted by Crippen LogP contribution is -2.31. The number of nitrogens with one attached hydrogen (secondary N) is 2.